The summed E-state index contributed by atoms with van der Waals surface area (Å²) < 4.78 is 32.0. The first-order chi connectivity index (χ1) is 11.5. The number of para-hydroxylation sites is 1. The van der Waals surface area contributed by atoms with Crippen LogP contribution in [0.3, 0.4) is 0 Å². The number of likely N-dealkylation sites (tertiary alicyclic amines) is 1. The molecule has 1 atom stereocenters. The number of piperidine rings is 1. The number of halogens is 2. The van der Waals surface area contributed by atoms with Gasteiger partial charge in [-0.25, -0.2) is 8.78 Å². The molecule has 24 heavy (non-hydrogen) atoms. The fraction of sp³-hybridized carbons (Fsp3) is 0.500. The van der Waals surface area contributed by atoms with Gasteiger partial charge in [0.05, 0.1) is 6.61 Å². The molecule has 0 spiro atoms. The minimum absolute atomic E-state index is 0.181. The third kappa shape index (κ3) is 4.97. The molecule has 0 bridgehead atoms. The summed E-state index contributed by atoms with van der Waals surface area (Å²) in [6.45, 7) is 2.85. The number of anilines is 1. The summed E-state index contributed by atoms with van der Waals surface area (Å²) in [7, 11) is 1.62. The van der Waals surface area contributed by atoms with E-state index in [0.29, 0.717) is 13.2 Å². The predicted molar refractivity (Wildman–Crippen MR) is 84.5 cm³/mol. The van der Waals surface area contributed by atoms with Gasteiger partial charge in [-0.05, 0) is 31.5 Å². The standard InChI is InChI=1S/C16H21F2N3O3/c1-24-9-8-21-7-3-4-11(10-21)19-15(22)16(23)20-14-12(17)5-2-6-13(14)18/h2,5-6,11H,3-4,7-10H2,1H3,(H,19,22)(H,20,23)/t11-/m0/s1. The summed E-state index contributed by atoms with van der Waals surface area (Å²) in [6.07, 6.45) is 1.63. The zero-order valence-electron chi connectivity index (χ0n) is 13.5. The molecule has 132 valence electrons. The number of rotatable bonds is 5. The maximum atomic E-state index is 13.5. The lowest BCUT2D eigenvalue weighted by molar-refractivity contribution is -0.136. The Bertz CT molecular complexity index is 578. The topological polar surface area (TPSA) is 70.7 Å². The molecule has 0 aromatic heterocycles. The first-order valence-corrected chi connectivity index (χ1v) is 7.78. The van der Waals surface area contributed by atoms with Gasteiger partial charge in [0.1, 0.15) is 17.3 Å². The van der Waals surface area contributed by atoms with Crippen molar-refractivity contribution in [2.45, 2.75) is 18.9 Å². The van der Waals surface area contributed by atoms with Crippen LogP contribution in [0.2, 0.25) is 0 Å². The first-order valence-electron chi connectivity index (χ1n) is 7.78. The van der Waals surface area contributed by atoms with Crippen LogP contribution in [0.1, 0.15) is 12.8 Å². The molecule has 1 aliphatic heterocycles. The Kier molecular flexibility index (Phi) is 6.62. The first kappa shape index (κ1) is 18.3. The van der Waals surface area contributed by atoms with Crippen LogP contribution in [-0.2, 0) is 14.3 Å². The average molecular weight is 341 g/mol. The van der Waals surface area contributed by atoms with E-state index in [1.54, 1.807) is 7.11 Å². The van der Waals surface area contributed by atoms with E-state index in [9.17, 15) is 18.4 Å². The van der Waals surface area contributed by atoms with Crippen LogP contribution in [0.15, 0.2) is 18.2 Å². The van der Waals surface area contributed by atoms with Gasteiger partial charge in [0, 0.05) is 26.2 Å². The minimum atomic E-state index is -1.09. The smallest absolute Gasteiger partial charge is 0.313 e. The summed E-state index contributed by atoms with van der Waals surface area (Å²) in [6, 6.07) is 3.01. The molecule has 2 N–H and O–H groups in total. The second kappa shape index (κ2) is 8.70. The van der Waals surface area contributed by atoms with E-state index >= 15 is 0 Å². The predicted octanol–water partition coefficient (Wildman–Crippen LogP) is 1.13. The van der Waals surface area contributed by atoms with E-state index in [-0.39, 0.29) is 6.04 Å². The third-order valence-corrected chi connectivity index (χ3v) is 3.86. The summed E-state index contributed by atoms with van der Waals surface area (Å²) in [5, 5.41) is 4.58. The highest BCUT2D eigenvalue weighted by Gasteiger charge is 2.25. The van der Waals surface area contributed by atoms with Crippen LogP contribution in [0, 0.1) is 11.6 Å². The van der Waals surface area contributed by atoms with Crippen molar-refractivity contribution in [3.63, 3.8) is 0 Å². The number of ether oxygens (including phenoxy) is 1. The highest BCUT2D eigenvalue weighted by atomic mass is 19.1. The fourth-order valence-electron chi connectivity index (χ4n) is 2.64. The van der Waals surface area contributed by atoms with Crippen LogP contribution < -0.4 is 10.6 Å². The molecule has 0 unspecified atom stereocenters. The number of nitrogens with zero attached hydrogens (tertiary/aromatic N) is 1. The molecule has 1 aromatic rings. The zero-order chi connectivity index (χ0) is 17.5. The molecule has 1 saturated heterocycles. The van der Waals surface area contributed by atoms with Gasteiger partial charge in [0.2, 0.25) is 0 Å². The van der Waals surface area contributed by atoms with Crippen LogP contribution >= 0.6 is 0 Å². The second-order valence-corrected chi connectivity index (χ2v) is 5.66. The summed E-state index contributed by atoms with van der Waals surface area (Å²) in [4.78, 5) is 25.9. The molecular weight excluding hydrogens is 320 g/mol. The highest BCUT2D eigenvalue weighted by molar-refractivity contribution is 6.39. The Morgan fingerprint density at radius 3 is 2.67 bits per heavy atom. The van der Waals surface area contributed by atoms with Gasteiger partial charge in [-0.1, -0.05) is 6.07 Å². The van der Waals surface area contributed by atoms with E-state index in [4.69, 9.17) is 4.74 Å². The molecular formula is C16H21F2N3O3. The van der Waals surface area contributed by atoms with Gasteiger partial charge in [-0.3, -0.25) is 14.5 Å². The van der Waals surface area contributed by atoms with Gasteiger partial charge < -0.3 is 15.4 Å². The van der Waals surface area contributed by atoms with E-state index in [2.05, 4.69) is 10.2 Å². The van der Waals surface area contributed by atoms with Crippen molar-refractivity contribution in [1.82, 2.24) is 10.2 Å². The maximum absolute atomic E-state index is 13.5. The van der Waals surface area contributed by atoms with Crippen molar-refractivity contribution in [2.24, 2.45) is 0 Å². The largest absolute Gasteiger partial charge is 0.383 e. The normalized spacial score (nSPS) is 18.2. The average Bonchev–Trinajstić information content (AvgIpc) is 2.56. The number of carbonyl (C=O) groups excluding carboxylic acids is 2. The number of hydrogen-bond acceptors (Lipinski definition) is 4. The Morgan fingerprint density at radius 2 is 2.00 bits per heavy atom. The lowest BCUT2D eigenvalue weighted by atomic mass is 10.1. The van der Waals surface area contributed by atoms with E-state index in [0.717, 1.165) is 38.1 Å². The third-order valence-electron chi connectivity index (χ3n) is 3.86. The Hall–Kier alpha value is -2.06. The van der Waals surface area contributed by atoms with Crippen molar-refractivity contribution in [2.75, 3.05) is 38.7 Å². The number of nitrogens with one attached hydrogen (secondary N) is 2. The number of hydrogen-bond donors (Lipinski definition) is 2. The van der Waals surface area contributed by atoms with Gasteiger partial charge in [0.15, 0.2) is 0 Å². The van der Waals surface area contributed by atoms with Crippen LogP contribution in [-0.4, -0.2) is 56.1 Å². The molecule has 2 amide bonds. The highest BCUT2D eigenvalue weighted by Crippen LogP contribution is 2.17. The molecule has 2 rings (SSSR count). The van der Waals surface area contributed by atoms with Gasteiger partial charge in [0.25, 0.3) is 0 Å². The van der Waals surface area contributed by atoms with Gasteiger partial charge in [-0.2, -0.15) is 0 Å². The number of methoxy groups -OCH3 is 1. The van der Waals surface area contributed by atoms with Gasteiger partial charge >= 0.3 is 11.8 Å². The second-order valence-electron chi connectivity index (χ2n) is 5.66. The van der Waals surface area contributed by atoms with E-state index in [1.165, 1.54) is 6.07 Å². The van der Waals surface area contributed by atoms with Crippen molar-refractivity contribution in [1.29, 1.82) is 0 Å². The van der Waals surface area contributed by atoms with Gasteiger partial charge in [-0.15, -0.1) is 0 Å². The Labute approximate surface area is 139 Å². The summed E-state index contributed by atoms with van der Waals surface area (Å²) >= 11 is 0. The fourth-order valence-corrected chi connectivity index (χ4v) is 2.64. The van der Waals surface area contributed by atoms with Crippen LogP contribution in [0.25, 0.3) is 0 Å². The molecule has 6 nitrogen and oxygen atoms in total. The summed E-state index contributed by atoms with van der Waals surface area (Å²) in [5.74, 6) is -3.86. The molecule has 0 saturated carbocycles. The lowest BCUT2D eigenvalue weighted by Crippen LogP contribution is -2.50. The molecule has 0 radical (unpaired) electrons. The van der Waals surface area contributed by atoms with E-state index < -0.39 is 29.1 Å². The minimum Gasteiger partial charge on any atom is -0.383 e. The molecule has 0 aliphatic carbocycles. The zero-order valence-corrected chi connectivity index (χ0v) is 13.5. The van der Waals surface area contributed by atoms with Crippen molar-refractivity contribution < 1.29 is 23.1 Å². The molecule has 1 aliphatic rings. The van der Waals surface area contributed by atoms with E-state index in [1.807, 2.05) is 5.32 Å². The number of amides is 2. The Balaban J connectivity index is 1.88. The molecule has 1 fully saturated rings. The van der Waals surface area contributed by atoms with Crippen molar-refractivity contribution in [3.8, 4) is 0 Å². The van der Waals surface area contributed by atoms with Crippen LogP contribution in [0.4, 0.5) is 14.5 Å². The molecule has 1 heterocycles. The van der Waals surface area contributed by atoms with Crippen LogP contribution in [0.5, 0.6) is 0 Å². The lowest BCUT2D eigenvalue weighted by Gasteiger charge is -2.32. The van der Waals surface area contributed by atoms with Crippen molar-refractivity contribution >= 4 is 17.5 Å². The monoisotopic (exact) mass is 341 g/mol. The maximum Gasteiger partial charge on any atom is 0.313 e. The number of carbonyl (C=O) groups is 2. The Morgan fingerprint density at radius 1 is 1.29 bits per heavy atom. The SMILES string of the molecule is COCCN1CCC[C@H](NC(=O)C(=O)Nc2c(F)cccc2F)C1. The number of benzene rings is 1. The van der Waals surface area contributed by atoms with Crippen molar-refractivity contribution in [3.05, 3.63) is 29.8 Å². The summed E-state index contributed by atoms with van der Waals surface area (Å²) in [5.41, 5.74) is -0.622. The molecule has 8 heteroatoms. The quantitative estimate of drug-likeness (QED) is 0.788. The molecule has 1 aromatic carbocycles.